The molecule has 1 aliphatic heterocycles. The maximum Gasteiger partial charge on any atom is 0.494 e. The number of fused-ring (bicyclic) bond motifs is 12. The monoisotopic (exact) mass is 1410 g/mol. The third-order valence-corrected chi connectivity index (χ3v) is 21.4. The summed E-state index contributed by atoms with van der Waals surface area (Å²) in [5.41, 5.74) is 14.7. The molecular formula is C78H56BBr2IN2O2S2. The first-order valence-electron chi connectivity index (χ1n) is 29.4. The lowest BCUT2D eigenvalue weighted by atomic mass is 9.78. The number of thiophene rings is 2. The van der Waals surface area contributed by atoms with E-state index in [0.717, 1.165) is 20.0 Å². The molecule has 5 heterocycles. The first-order chi connectivity index (χ1) is 42.8. The summed E-state index contributed by atoms with van der Waals surface area (Å²) in [5, 5.41) is 10.3. The van der Waals surface area contributed by atoms with Crippen LogP contribution in [0.2, 0.25) is 0 Å². The van der Waals surface area contributed by atoms with Crippen molar-refractivity contribution in [2.24, 2.45) is 0 Å². The van der Waals surface area contributed by atoms with Crippen molar-refractivity contribution < 1.29 is 9.31 Å². The normalized spacial score (nSPS) is 13.7. The molecule has 0 radical (unpaired) electrons. The Morgan fingerprint density at radius 2 is 0.727 bits per heavy atom. The molecule has 0 N–H and O–H groups in total. The van der Waals surface area contributed by atoms with E-state index >= 15 is 0 Å². The van der Waals surface area contributed by atoms with Gasteiger partial charge in [0.05, 0.1) is 33.3 Å². The van der Waals surface area contributed by atoms with Crippen LogP contribution in [0.4, 0.5) is 0 Å². The number of benzene rings is 12. The lowest BCUT2D eigenvalue weighted by Gasteiger charge is -2.32. The van der Waals surface area contributed by atoms with Crippen molar-refractivity contribution in [2.45, 2.75) is 38.9 Å². The Labute approximate surface area is 550 Å². The molecule has 0 bridgehead atoms. The van der Waals surface area contributed by atoms with Crippen LogP contribution in [0.15, 0.2) is 276 Å². The molecule has 17 rings (SSSR count). The number of rotatable bonds is 6. The van der Waals surface area contributed by atoms with Gasteiger partial charge in [-0.15, -0.1) is 22.7 Å². The van der Waals surface area contributed by atoms with Crippen LogP contribution < -0.4 is 5.46 Å². The van der Waals surface area contributed by atoms with Crippen molar-refractivity contribution in [3.8, 4) is 44.8 Å². The predicted molar refractivity (Wildman–Crippen MR) is 394 cm³/mol. The van der Waals surface area contributed by atoms with Gasteiger partial charge in [-0.05, 0) is 198 Å². The van der Waals surface area contributed by atoms with E-state index in [1.54, 1.807) is 0 Å². The van der Waals surface area contributed by atoms with E-state index in [-0.39, 0.29) is 18.3 Å². The largest absolute Gasteiger partial charge is 0.494 e. The zero-order chi connectivity index (χ0) is 59.8. The minimum atomic E-state index is -0.387. The van der Waals surface area contributed by atoms with Crippen LogP contribution in [0.1, 0.15) is 27.7 Å². The first-order valence-corrected chi connectivity index (χ1v) is 33.7. The van der Waals surface area contributed by atoms with Crippen molar-refractivity contribution in [3.05, 3.63) is 279 Å². The number of halogens is 3. The van der Waals surface area contributed by atoms with Crippen LogP contribution in [0, 0.1) is 3.57 Å². The van der Waals surface area contributed by atoms with Crippen LogP contribution in [0.25, 0.3) is 129 Å². The fraction of sp³-hybridized carbons (Fsp3) is 0.0769. The number of nitrogens with zero attached hydrogens (tertiary/aromatic N) is 2. The van der Waals surface area contributed by atoms with Gasteiger partial charge in [-0.1, -0.05) is 190 Å². The van der Waals surface area contributed by atoms with Crippen molar-refractivity contribution in [3.63, 3.8) is 0 Å². The minimum Gasteiger partial charge on any atom is -0.399 e. The highest BCUT2D eigenvalue weighted by Gasteiger charge is 2.51. The second-order valence-electron chi connectivity index (χ2n) is 23.5. The zero-order valence-corrected chi connectivity index (χ0v) is 55.6. The lowest BCUT2D eigenvalue weighted by molar-refractivity contribution is 0.00578. The molecule has 426 valence electrons. The molecule has 0 spiro atoms. The van der Waals surface area contributed by atoms with Gasteiger partial charge < -0.3 is 18.4 Å². The lowest BCUT2D eigenvalue weighted by Crippen LogP contribution is -2.41. The average Bonchev–Trinajstić information content (AvgIpc) is 1.84. The summed E-state index contributed by atoms with van der Waals surface area (Å²) in [7, 11) is -0.387. The summed E-state index contributed by atoms with van der Waals surface area (Å²) in [6.07, 6.45) is 0. The van der Waals surface area contributed by atoms with E-state index in [1.165, 1.54) is 127 Å². The van der Waals surface area contributed by atoms with Crippen molar-refractivity contribution >= 4 is 174 Å². The van der Waals surface area contributed by atoms with Gasteiger partial charge in [0, 0.05) is 85.8 Å². The Hall–Kier alpha value is -7.65. The van der Waals surface area contributed by atoms with E-state index in [9.17, 15) is 0 Å². The molecule has 0 atom stereocenters. The predicted octanol–water partition coefficient (Wildman–Crippen LogP) is 23.4. The van der Waals surface area contributed by atoms with E-state index in [4.69, 9.17) is 9.31 Å². The van der Waals surface area contributed by atoms with Gasteiger partial charge in [0.25, 0.3) is 0 Å². The number of hydrogen-bond donors (Lipinski definition) is 0. The van der Waals surface area contributed by atoms with Gasteiger partial charge >= 0.3 is 7.12 Å². The molecule has 0 saturated carbocycles. The molecule has 0 aliphatic carbocycles. The van der Waals surface area contributed by atoms with E-state index in [0.29, 0.717) is 0 Å². The summed E-state index contributed by atoms with van der Waals surface area (Å²) < 4.78 is 26.4. The van der Waals surface area contributed by atoms with Crippen LogP contribution in [-0.4, -0.2) is 27.5 Å². The maximum absolute atomic E-state index is 6.36. The maximum atomic E-state index is 6.36. The van der Waals surface area contributed by atoms with E-state index in [1.807, 2.05) is 34.8 Å². The molecule has 88 heavy (non-hydrogen) atoms. The van der Waals surface area contributed by atoms with Crippen molar-refractivity contribution in [1.82, 2.24) is 9.13 Å². The summed E-state index contributed by atoms with van der Waals surface area (Å²) in [5.74, 6) is 0. The second-order valence-corrected chi connectivity index (χ2v) is 28.7. The minimum absolute atomic E-state index is 0.373. The van der Waals surface area contributed by atoms with Gasteiger partial charge in [0.2, 0.25) is 0 Å². The van der Waals surface area contributed by atoms with Gasteiger partial charge in [-0.2, -0.15) is 0 Å². The molecule has 16 aromatic rings. The number of hydrogen-bond acceptors (Lipinski definition) is 4. The smallest absolute Gasteiger partial charge is 0.399 e. The molecule has 1 saturated heterocycles. The Balaban J connectivity index is 0.000000131. The topological polar surface area (TPSA) is 28.3 Å². The van der Waals surface area contributed by atoms with Crippen LogP contribution in [-0.2, 0) is 9.31 Å². The van der Waals surface area contributed by atoms with Crippen molar-refractivity contribution in [1.29, 1.82) is 0 Å². The SMILES string of the molecule is Brc1cccc(-c2cccc(-c3ccc4c5ccccc5n(-c5ccc6sc7ccccc7c6c5)c4c3)c2)c1.Brc1cccc(I)c1.CC1(C)OB(c2cccc(-c3ccc4c5ccccc5n(-c5ccc6sc7ccccc7c6c5)c4c3)c2)OC1(C)C. The molecule has 4 aromatic heterocycles. The molecular weight excluding hydrogens is 1360 g/mol. The molecule has 1 aliphatic rings. The van der Waals surface area contributed by atoms with Gasteiger partial charge in [-0.25, -0.2) is 0 Å². The molecule has 0 unspecified atom stereocenters. The highest BCUT2D eigenvalue weighted by molar-refractivity contribution is 14.1. The first kappa shape index (κ1) is 56.8. The third kappa shape index (κ3) is 10.5. The number of aromatic nitrogens is 2. The average molecular weight is 1410 g/mol. The quantitative estimate of drug-likeness (QED) is 0.123. The van der Waals surface area contributed by atoms with E-state index < -0.39 is 0 Å². The van der Waals surface area contributed by atoms with Gasteiger partial charge in [0.15, 0.2) is 0 Å². The Morgan fingerprint density at radius 3 is 1.22 bits per heavy atom. The summed E-state index contributed by atoms with van der Waals surface area (Å²) in [4.78, 5) is 0. The Kier molecular flexibility index (Phi) is 14.9. The van der Waals surface area contributed by atoms with Gasteiger partial charge in [-0.3, -0.25) is 0 Å². The molecule has 12 aromatic carbocycles. The standard InChI is InChI=1S/C36H30BNO2S.C36H22BrNS.C6H4BrI/c1-35(2)36(3,4)40-37(39-35)25-11-9-10-23(20-25)24-16-18-28-27-12-5-7-14-31(27)38(32(28)21-24)26-17-19-34-30(22-26)29-13-6-8-15-33(29)41-34;37-27-10-6-9-25(20-27)23-7-5-8-24(19-23)26-15-17-30-29-11-1-3-13-33(29)38(34(30)21-26)28-16-18-36-32(22-28)31-12-2-4-14-35(31)39-36;7-5-2-1-3-6(8)4-5/h5-22H,1-4H3;1-22H;1-4H. The molecule has 1 fully saturated rings. The summed E-state index contributed by atoms with van der Waals surface area (Å²) in [6.45, 7) is 8.39. The zero-order valence-electron chi connectivity index (χ0n) is 48.6. The fourth-order valence-electron chi connectivity index (χ4n) is 12.4. The van der Waals surface area contributed by atoms with Crippen LogP contribution >= 0.6 is 77.1 Å². The van der Waals surface area contributed by atoms with Crippen LogP contribution in [0.3, 0.4) is 0 Å². The Bertz CT molecular complexity index is 5360. The molecule has 10 heteroatoms. The van der Waals surface area contributed by atoms with Crippen molar-refractivity contribution in [2.75, 3.05) is 0 Å². The highest BCUT2D eigenvalue weighted by atomic mass is 127. The number of para-hydroxylation sites is 2. The Morgan fingerprint density at radius 1 is 0.330 bits per heavy atom. The summed E-state index contributed by atoms with van der Waals surface area (Å²) >= 11 is 13.0. The summed E-state index contributed by atoms with van der Waals surface area (Å²) in [6, 6.07) is 96.5. The third-order valence-electron chi connectivity index (χ3n) is 17.5. The molecule has 0 amide bonds. The van der Waals surface area contributed by atoms with Gasteiger partial charge in [0.1, 0.15) is 0 Å². The van der Waals surface area contributed by atoms with E-state index in [2.05, 4.69) is 346 Å². The van der Waals surface area contributed by atoms with Crippen LogP contribution in [0.5, 0.6) is 0 Å². The fourth-order valence-corrected chi connectivity index (χ4v) is 16.4. The highest BCUT2D eigenvalue weighted by Crippen LogP contribution is 2.43. The second kappa shape index (κ2) is 23.1. The molecule has 4 nitrogen and oxygen atoms in total.